The molecule has 0 saturated heterocycles. The van der Waals surface area contributed by atoms with Gasteiger partial charge in [-0.2, -0.15) is 0 Å². The molecule has 3 nitrogen and oxygen atoms in total. The topological polar surface area (TPSA) is 30.7 Å². The van der Waals surface area contributed by atoms with Crippen LogP contribution in [0.25, 0.3) is 5.69 Å². The van der Waals surface area contributed by atoms with Crippen LogP contribution in [0.1, 0.15) is 23.6 Å². The summed E-state index contributed by atoms with van der Waals surface area (Å²) in [6.07, 6.45) is 1.79. The summed E-state index contributed by atoms with van der Waals surface area (Å²) >= 11 is 12.0. The summed E-state index contributed by atoms with van der Waals surface area (Å²) in [7, 11) is 0. The monoisotopic (exact) mass is 255 g/mol. The Morgan fingerprint density at radius 3 is 2.75 bits per heavy atom. The number of alkyl halides is 1. The third-order valence-electron chi connectivity index (χ3n) is 2.27. The largest absolute Gasteiger partial charge is 0.219 e. The fourth-order valence-corrected chi connectivity index (χ4v) is 1.68. The van der Waals surface area contributed by atoms with E-state index in [1.165, 1.54) is 0 Å². The number of rotatable bonds is 2. The molecule has 0 bridgehead atoms. The average Bonchev–Trinajstić information content (AvgIpc) is 2.70. The van der Waals surface area contributed by atoms with Crippen molar-refractivity contribution in [3.63, 3.8) is 0 Å². The quantitative estimate of drug-likeness (QED) is 0.769. The van der Waals surface area contributed by atoms with Crippen molar-refractivity contribution in [1.82, 2.24) is 15.0 Å². The molecular weight excluding hydrogens is 245 g/mol. The maximum Gasteiger partial charge on any atom is 0.101 e. The van der Waals surface area contributed by atoms with Crippen molar-refractivity contribution in [2.75, 3.05) is 0 Å². The minimum absolute atomic E-state index is 0.155. The van der Waals surface area contributed by atoms with Crippen molar-refractivity contribution in [2.45, 2.75) is 19.2 Å². The van der Waals surface area contributed by atoms with Gasteiger partial charge in [0.25, 0.3) is 0 Å². The lowest BCUT2D eigenvalue weighted by atomic mass is 10.2. The molecule has 1 unspecified atom stereocenters. The molecule has 1 aromatic heterocycles. The number of hydrogen-bond donors (Lipinski definition) is 0. The van der Waals surface area contributed by atoms with Crippen LogP contribution in [0.4, 0.5) is 0 Å². The molecule has 1 atom stereocenters. The zero-order valence-corrected chi connectivity index (χ0v) is 10.5. The fourth-order valence-electron chi connectivity index (χ4n) is 1.38. The summed E-state index contributed by atoms with van der Waals surface area (Å²) in [5, 5.41) is 8.48. The predicted octanol–water partition coefficient (Wildman–Crippen LogP) is 3.53. The molecule has 1 heterocycles. The molecule has 84 valence electrons. The smallest absolute Gasteiger partial charge is 0.101 e. The molecule has 0 aliphatic rings. The normalized spacial score (nSPS) is 12.8. The highest BCUT2D eigenvalue weighted by atomic mass is 35.5. The molecule has 2 rings (SSSR count). The van der Waals surface area contributed by atoms with Gasteiger partial charge in [0.1, 0.15) is 5.69 Å². The lowest BCUT2D eigenvalue weighted by molar-refractivity contribution is 0.796. The van der Waals surface area contributed by atoms with Gasteiger partial charge in [0.2, 0.25) is 0 Å². The molecule has 1 aromatic carbocycles. The summed E-state index contributed by atoms with van der Waals surface area (Å²) in [4.78, 5) is 0. The highest BCUT2D eigenvalue weighted by molar-refractivity contribution is 6.32. The van der Waals surface area contributed by atoms with E-state index in [0.29, 0.717) is 5.02 Å². The molecule has 16 heavy (non-hydrogen) atoms. The van der Waals surface area contributed by atoms with E-state index in [1.54, 1.807) is 10.9 Å². The molecule has 0 aliphatic heterocycles. The third kappa shape index (κ3) is 2.20. The molecule has 0 aliphatic carbocycles. The molecule has 2 aromatic rings. The molecule has 0 amide bonds. The zero-order valence-electron chi connectivity index (χ0n) is 8.98. The van der Waals surface area contributed by atoms with E-state index in [2.05, 4.69) is 10.3 Å². The molecule has 0 spiro atoms. The van der Waals surface area contributed by atoms with Crippen LogP contribution in [-0.2, 0) is 0 Å². The van der Waals surface area contributed by atoms with Crippen molar-refractivity contribution in [2.24, 2.45) is 0 Å². The number of hydrogen-bond acceptors (Lipinski definition) is 2. The first-order valence-corrected chi connectivity index (χ1v) is 5.72. The van der Waals surface area contributed by atoms with Gasteiger partial charge in [0.15, 0.2) is 0 Å². The van der Waals surface area contributed by atoms with Crippen LogP contribution < -0.4 is 0 Å². The summed E-state index contributed by atoms with van der Waals surface area (Å²) in [6.45, 7) is 3.86. The van der Waals surface area contributed by atoms with E-state index < -0.39 is 0 Å². The van der Waals surface area contributed by atoms with Gasteiger partial charge < -0.3 is 0 Å². The molecule has 0 N–H and O–H groups in total. The van der Waals surface area contributed by atoms with Gasteiger partial charge in [-0.3, -0.25) is 0 Å². The van der Waals surface area contributed by atoms with Crippen LogP contribution in [0.3, 0.4) is 0 Å². The van der Waals surface area contributed by atoms with Crippen LogP contribution in [0.5, 0.6) is 0 Å². The van der Waals surface area contributed by atoms with Gasteiger partial charge in [0, 0.05) is 0 Å². The minimum Gasteiger partial charge on any atom is -0.219 e. The average molecular weight is 256 g/mol. The van der Waals surface area contributed by atoms with E-state index in [-0.39, 0.29) is 5.38 Å². The first-order valence-electron chi connectivity index (χ1n) is 4.91. The van der Waals surface area contributed by atoms with Crippen molar-refractivity contribution < 1.29 is 0 Å². The van der Waals surface area contributed by atoms with Gasteiger partial charge in [-0.05, 0) is 31.5 Å². The SMILES string of the molecule is Cc1ccc(Cl)c(-n2cc(C(C)Cl)nn2)c1. The Balaban J connectivity index is 2.46. The second kappa shape index (κ2) is 4.44. The van der Waals surface area contributed by atoms with Gasteiger partial charge in [-0.1, -0.05) is 22.9 Å². The lowest BCUT2D eigenvalue weighted by Gasteiger charge is -2.04. The van der Waals surface area contributed by atoms with Gasteiger partial charge in [0.05, 0.1) is 22.3 Å². The van der Waals surface area contributed by atoms with E-state index in [1.807, 2.05) is 32.0 Å². The Kier molecular flexibility index (Phi) is 3.17. The Hall–Kier alpha value is -1.06. The fraction of sp³-hybridized carbons (Fsp3) is 0.273. The zero-order chi connectivity index (χ0) is 11.7. The predicted molar refractivity (Wildman–Crippen MR) is 65.4 cm³/mol. The summed E-state index contributed by atoms with van der Waals surface area (Å²) in [6, 6.07) is 5.76. The minimum atomic E-state index is -0.155. The number of aryl methyl sites for hydroxylation is 1. The number of aromatic nitrogens is 3. The highest BCUT2D eigenvalue weighted by Crippen LogP contribution is 2.23. The van der Waals surface area contributed by atoms with Crippen LogP contribution in [0.2, 0.25) is 5.02 Å². The van der Waals surface area contributed by atoms with Gasteiger partial charge in [-0.25, -0.2) is 4.68 Å². The summed E-state index contributed by atoms with van der Waals surface area (Å²) in [5.74, 6) is 0. The van der Waals surface area contributed by atoms with E-state index in [4.69, 9.17) is 23.2 Å². The second-order valence-electron chi connectivity index (χ2n) is 3.66. The molecular formula is C11H11Cl2N3. The molecule has 5 heteroatoms. The lowest BCUT2D eigenvalue weighted by Crippen LogP contribution is -1.96. The van der Waals surface area contributed by atoms with Crippen LogP contribution in [0.15, 0.2) is 24.4 Å². The van der Waals surface area contributed by atoms with Crippen LogP contribution in [-0.4, -0.2) is 15.0 Å². The standard InChI is InChI=1S/C11H11Cl2N3/c1-7-3-4-9(13)11(5-7)16-6-10(8(2)12)14-15-16/h3-6,8H,1-2H3. The van der Waals surface area contributed by atoms with Crippen molar-refractivity contribution in [3.8, 4) is 5.69 Å². The first-order chi connectivity index (χ1) is 7.58. The Bertz CT molecular complexity index is 506. The highest BCUT2D eigenvalue weighted by Gasteiger charge is 2.09. The summed E-state index contributed by atoms with van der Waals surface area (Å²) < 4.78 is 1.64. The van der Waals surface area contributed by atoms with Gasteiger partial charge in [-0.15, -0.1) is 16.7 Å². The molecule has 0 fully saturated rings. The van der Waals surface area contributed by atoms with Crippen molar-refractivity contribution >= 4 is 23.2 Å². The maximum atomic E-state index is 6.10. The third-order valence-corrected chi connectivity index (χ3v) is 2.81. The van der Waals surface area contributed by atoms with E-state index in [0.717, 1.165) is 16.9 Å². The van der Waals surface area contributed by atoms with E-state index in [9.17, 15) is 0 Å². The molecule has 0 saturated carbocycles. The number of halogens is 2. The van der Waals surface area contributed by atoms with Crippen LogP contribution >= 0.6 is 23.2 Å². The Morgan fingerprint density at radius 1 is 1.38 bits per heavy atom. The first kappa shape index (κ1) is 11.4. The van der Waals surface area contributed by atoms with Crippen LogP contribution in [0, 0.1) is 6.92 Å². The Morgan fingerprint density at radius 2 is 2.12 bits per heavy atom. The van der Waals surface area contributed by atoms with Crippen molar-refractivity contribution in [3.05, 3.63) is 40.7 Å². The van der Waals surface area contributed by atoms with E-state index >= 15 is 0 Å². The second-order valence-corrected chi connectivity index (χ2v) is 4.72. The maximum absolute atomic E-state index is 6.10. The number of nitrogens with zero attached hydrogens (tertiary/aromatic N) is 3. The molecule has 0 radical (unpaired) electrons. The summed E-state index contributed by atoms with van der Waals surface area (Å²) in [5.41, 5.74) is 2.67. The Labute approximate surface area is 104 Å². The van der Waals surface area contributed by atoms with Crippen molar-refractivity contribution in [1.29, 1.82) is 0 Å². The van der Waals surface area contributed by atoms with Gasteiger partial charge >= 0.3 is 0 Å². The number of benzene rings is 1.